The third-order valence-electron chi connectivity index (χ3n) is 3.58. The summed E-state index contributed by atoms with van der Waals surface area (Å²) in [7, 11) is 2.07. The van der Waals surface area contributed by atoms with Crippen LogP contribution in [0, 0.1) is 28.9 Å². The average molecular weight is 265 g/mol. The number of hydrogen-bond acceptors (Lipinski definition) is 3. The van der Waals surface area contributed by atoms with Gasteiger partial charge < -0.3 is 10.2 Å². The minimum atomic E-state index is -0.704. The third-order valence-corrected chi connectivity index (χ3v) is 3.58. The quantitative estimate of drug-likeness (QED) is 0.913. The molecule has 1 aliphatic rings. The summed E-state index contributed by atoms with van der Waals surface area (Å²) in [5.41, 5.74) is -0.127. The summed E-state index contributed by atoms with van der Waals surface area (Å²) in [6.45, 7) is 2.60. The van der Waals surface area contributed by atoms with E-state index in [1.165, 1.54) is 0 Å². The molecule has 0 aromatic heterocycles. The number of hydrogen-bond donors (Lipinski definition) is 1. The zero-order valence-electron chi connectivity index (χ0n) is 10.9. The molecule has 0 amide bonds. The number of nitrogens with zero attached hydrogens (tertiary/aromatic N) is 2. The van der Waals surface area contributed by atoms with E-state index in [1.807, 2.05) is 0 Å². The summed E-state index contributed by atoms with van der Waals surface area (Å²) in [6.07, 6.45) is 2.06. The molecule has 1 aromatic rings. The Morgan fingerprint density at radius 2 is 1.89 bits per heavy atom. The van der Waals surface area contributed by atoms with Crippen LogP contribution in [0.2, 0.25) is 0 Å². The van der Waals surface area contributed by atoms with E-state index in [0.29, 0.717) is 12.5 Å². The van der Waals surface area contributed by atoms with Crippen LogP contribution in [0.5, 0.6) is 0 Å². The fraction of sp³-hybridized carbons (Fsp3) is 0.500. The van der Waals surface area contributed by atoms with Gasteiger partial charge in [0, 0.05) is 6.54 Å². The van der Waals surface area contributed by atoms with Crippen LogP contribution in [0.3, 0.4) is 0 Å². The first kappa shape index (κ1) is 13.8. The maximum absolute atomic E-state index is 13.7. The summed E-state index contributed by atoms with van der Waals surface area (Å²) in [6, 6.07) is 3.84. The zero-order chi connectivity index (χ0) is 13.8. The Morgan fingerprint density at radius 1 is 1.32 bits per heavy atom. The monoisotopic (exact) mass is 265 g/mol. The van der Waals surface area contributed by atoms with Crippen molar-refractivity contribution in [3.8, 4) is 6.07 Å². The first-order chi connectivity index (χ1) is 9.10. The van der Waals surface area contributed by atoms with E-state index in [0.717, 1.165) is 38.1 Å². The van der Waals surface area contributed by atoms with E-state index in [9.17, 15) is 8.78 Å². The van der Waals surface area contributed by atoms with Gasteiger partial charge in [0.05, 0.1) is 11.6 Å². The van der Waals surface area contributed by atoms with Crippen molar-refractivity contribution in [1.82, 2.24) is 4.90 Å². The van der Waals surface area contributed by atoms with Gasteiger partial charge in [0.2, 0.25) is 0 Å². The van der Waals surface area contributed by atoms with Crippen LogP contribution in [-0.2, 0) is 0 Å². The number of benzene rings is 1. The van der Waals surface area contributed by atoms with E-state index in [-0.39, 0.29) is 11.3 Å². The molecule has 102 valence electrons. The Labute approximate surface area is 111 Å². The Balaban J connectivity index is 1.98. The fourth-order valence-corrected chi connectivity index (χ4v) is 2.32. The second-order valence-electron chi connectivity index (χ2n) is 5.05. The van der Waals surface area contributed by atoms with Crippen molar-refractivity contribution in [2.45, 2.75) is 12.8 Å². The standard InChI is InChI=1S/C14H17F2N3/c1-19-4-2-10(3-5-19)9-18-14-12(15)6-11(8-17)7-13(14)16/h6-7,10,18H,2-5,9H2,1H3. The first-order valence-electron chi connectivity index (χ1n) is 6.41. The van der Waals surface area contributed by atoms with Gasteiger partial charge in [0.25, 0.3) is 0 Å². The molecular formula is C14H17F2N3. The van der Waals surface area contributed by atoms with Crippen LogP contribution in [0.1, 0.15) is 18.4 Å². The summed E-state index contributed by atoms with van der Waals surface area (Å²) < 4.78 is 27.3. The van der Waals surface area contributed by atoms with E-state index in [4.69, 9.17) is 5.26 Å². The van der Waals surface area contributed by atoms with Gasteiger partial charge in [0.15, 0.2) is 11.6 Å². The highest BCUT2D eigenvalue weighted by Gasteiger charge is 2.18. The molecule has 1 heterocycles. The van der Waals surface area contributed by atoms with Gasteiger partial charge in [-0.15, -0.1) is 0 Å². The van der Waals surface area contributed by atoms with Crippen molar-refractivity contribution < 1.29 is 8.78 Å². The Bertz CT molecular complexity index is 465. The van der Waals surface area contributed by atoms with E-state index in [2.05, 4.69) is 17.3 Å². The van der Waals surface area contributed by atoms with Gasteiger partial charge >= 0.3 is 0 Å². The number of halogens is 2. The maximum Gasteiger partial charge on any atom is 0.150 e. The normalized spacial score (nSPS) is 17.2. The molecule has 0 atom stereocenters. The van der Waals surface area contributed by atoms with Crippen LogP contribution in [0.25, 0.3) is 0 Å². The van der Waals surface area contributed by atoms with Crippen molar-refractivity contribution in [2.24, 2.45) is 5.92 Å². The average Bonchev–Trinajstić information content (AvgIpc) is 2.39. The summed E-state index contributed by atoms with van der Waals surface area (Å²) in [5, 5.41) is 11.5. The van der Waals surface area contributed by atoms with Crippen LogP contribution < -0.4 is 5.32 Å². The van der Waals surface area contributed by atoms with Crippen molar-refractivity contribution in [3.05, 3.63) is 29.3 Å². The van der Waals surface area contributed by atoms with E-state index in [1.54, 1.807) is 6.07 Å². The predicted molar refractivity (Wildman–Crippen MR) is 69.8 cm³/mol. The molecule has 0 aliphatic carbocycles. The molecule has 0 saturated carbocycles. The SMILES string of the molecule is CN1CCC(CNc2c(F)cc(C#N)cc2F)CC1. The van der Waals surface area contributed by atoms with Crippen LogP contribution in [-0.4, -0.2) is 31.6 Å². The van der Waals surface area contributed by atoms with Gasteiger partial charge in [-0.3, -0.25) is 0 Å². The zero-order valence-corrected chi connectivity index (χ0v) is 10.9. The fourth-order valence-electron chi connectivity index (χ4n) is 2.32. The molecule has 0 spiro atoms. The Hall–Kier alpha value is -1.67. The lowest BCUT2D eigenvalue weighted by Crippen LogP contribution is -2.33. The van der Waals surface area contributed by atoms with Gasteiger partial charge in [-0.1, -0.05) is 0 Å². The molecule has 1 aromatic carbocycles. The van der Waals surface area contributed by atoms with Crippen molar-refractivity contribution in [1.29, 1.82) is 5.26 Å². The first-order valence-corrected chi connectivity index (χ1v) is 6.41. The minimum Gasteiger partial charge on any atom is -0.380 e. The number of rotatable bonds is 3. The number of likely N-dealkylation sites (tertiary alicyclic amines) is 1. The lowest BCUT2D eigenvalue weighted by molar-refractivity contribution is 0.226. The molecule has 0 bridgehead atoms. The van der Waals surface area contributed by atoms with Gasteiger partial charge in [0.1, 0.15) is 5.69 Å². The summed E-state index contributed by atoms with van der Waals surface area (Å²) in [4.78, 5) is 2.25. The molecule has 3 nitrogen and oxygen atoms in total. The molecule has 19 heavy (non-hydrogen) atoms. The minimum absolute atomic E-state index is 0.000147. The van der Waals surface area contributed by atoms with Gasteiger partial charge in [-0.2, -0.15) is 5.26 Å². The second kappa shape index (κ2) is 5.98. The van der Waals surface area contributed by atoms with Gasteiger partial charge in [-0.25, -0.2) is 8.78 Å². The van der Waals surface area contributed by atoms with Gasteiger partial charge in [-0.05, 0) is 51.0 Å². The van der Waals surface area contributed by atoms with E-state index >= 15 is 0 Å². The van der Waals surface area contributed by atoms with Crippen molar-refractivity contribution >= 4 is 5.69 Å². The molecule has 1 fully saturated rings. The highest BCUT2D eigenvalue weighted by atomic mass is 19.1. The van der Waals surface area contributed by atoms with Crippen molar-refractivity contribution in [2.75, 3.05) is 32.0 Å². The van der Waals surface area contributed by atoms with E-state index < -0.39 is 11.6 Å². The summed E-state index contributed by atoms with van der Waals surface area (Å²) >= 11 is 0. The maximum atomic E-state index is 13.7. The molecule has 2 rings (SSSR count). The lowest BCUT2D eigenvalue weighted by atomic mass is 9.97. The molecule has 1 saturated heterocycles. The second-order valence-corrected chi connectivity index (χ2v) is 5.05. The molecule has 0 radical (unpaired) electrons. The molecule has 1 N–H and O–H groups in total. The Kier molecular flexibility index (Phi) is 4.33. The molecule has 0 unspecified atom stereocenters. The number of nitrogens with one attached hydrogen (secondary N) is 1. The summed E-state index contributed by atoms with van der Waals surface area (Å²) in [5.74, 6) is -0.973. The van der Waals surface area contributed by atoms with Crippen LogP contribution in [0.15, 0.2) is 12.1 Å². The lowest BCUT2D eigenvalue weighted by Gasteiger charge is -2.29. The number of piperidine rings is 1. The molecular weight excluding hydrogens is 248 g/mol. The highest BCUT2D eigenvalue weighted by molar-refractivity contribution is 5.50. The molecule has 5 heteroatoms. The topological polar surface area (TPSA) is 39.1 Å². The Morgan fingerprint density at radius 3 is 2.42 bits per heavy atom. The number of anilines is 1. The predicted octanol–water partition coefficient (Wildman–Crippen LogP) is 2.59. The van der Waals surface area contributed by atoms with Crippen LogP contribution in [0.4, 0.5) is 14.5 Å². The third kappa shape index (κ3) is 3.42. The smallest absolute Gasteiger partial charge is 0.150 e. The van der Waals surface area contributed by atoms with Crippen molar-refractivity contribution in [3.63, 3.8) is 0 Å². The van der Waals surface area contributed by atoms with Crippen LogP contribution >= 0.6 is 0 Å². The number of nitriles is 1. The largest absolute Gasteiger partial charge is 0.380 e. The highest BCUT2D eigenvalue weighted by Crippen LogP contribution is 2.22. The molecule has 1 aliphatic heterocycles.